The van der Waals surface area contributed by atoms with Crippen molar-refractivity contribution in [2.45, 2.75) is 19.3 Å². The van der Waals surface area contributed by atoms with Gasteiger partial charge in [0.2, 0.25) is 5.91 Å². The quantitative estimate of drug-likeness (QED) is 0.639. The summed E-state index contributed by atoms with van der Waals surface area (Å²) in [5, 5.41) is 17.1. The standard InChI is InChI=1S/C9H15NO4/c11-3-1-2-10-6-7(4-8(10)12)5-9(13)14/h7,11H,1-6H2,(H,13,14)/t7-/m1/s1. The number of nitrogens with zero attached hydrogens (tertiary/aromatic N) is 1. The summed E-state index contributed by atoms with van der Waals surface area (Å²) < 4.78 is 0. The van der Waals surface area contributed by atoms with E-state index in [0.717, 1.165) is 0 Å². The van der Waals surface area contributed by atoms with E-state index < -0.39 is 5.97 Å². The van der Waals surface area contributed by atoms with Crippen LogP contribution < -0.4 is 0 Å². The minimum atomic E-state index is -0.855. The molecule has 0 radical (unpaired) electrons. The molecule has 1 aliphatic heterocycles. The number of rotatable bonds is 5. The third-order valence-corrected chi connectivity index (χ3v) is 2.34. The number of hydrogen-bond donors (Lipinski definition) is 2. The molecule has 1 rings (SSSR count). The van der Waals surface area contributed by atoms with Gasteiger partial charge in [0.25, 0.3) is 0 Å². The van der Waals surface area contributed by atoms with Crippen LogP contribution in [-0.4, -0.2) is 46.7 Å². The lowest BCUT2D eigenvalue weighted by atomic mass is 10.1. The number of hydrogen-bond acceptors (Lipinski definition) is 3. The van der Waals surface area contributed by atoms with Crippen LogP contribution >= 0.6 is 0 Å². The normalized spacial score (nSPS) is 21.6. The van der Waals surface area contributed by atoms with Gasteiger partial charge in [-0.15, -0.1) is 0 Å². The third kappa shape index (κ3) is 2.99. The maximum absolute atomic E-state index is 11.3. The highest BCUT2D eigenvalue weighted by molar-refractivity contribution is 5.79. The fraction of sp³-hybridized carbons (Fsp3) is 0.778. The number of carboxylic acids is 1. The predicted octanol–water partition coefficient (Wildman–Crippen LogP) is -0.308. The molecule has 0 spiro atoms. The summed E-state index contributed by atoms with van der Waals surface area (Å²) in [4.78, 5) is 23.4. The Labute approximate surface area is 82.3 Å². The van der Waals surface area contributed by atoms with Gasteiger partial charge < -0.3 is 15.1 Å². The Morgan fingerprint density at radius 2 is 2.29 bits per heavy atom. The molecular formula is C9H15NO4. The molecule has 0 aromatic heterocycles. The number of amides is 1. The smallest absolute Gasteiger partial charge is 0.303 e. The molecule has 0 aliphatic carbocycles. The van der Waals surface area contributed by atoms with Crippen molar-refractivity contribution in [1.82, 2.24) is 4.90 Å². The van der Waals surface area contributed by atoms with Crippen LogP contribution in [0.1, 0.15) is 19.3 Å². The van der Waals surface area contributed by atoms with Gasteiger partial charge in [0, 0.05) is 26.1 Å². The molecule has 80 valence electrons. The van der Waals surface area contributed by atoms with E-state index in [9.17, 15) is 9.59 Å². The van der Waals surface area contributed by atoms with Crippen molar-refractivity contribution in [2.24, 2.45) is 5.92 Å². The molecule has 1 fully saturated rings. The third-order valence-electron chi connectivity index (χ3n) is 2.34. The molecular weight excluding hydrogens is 186 g/mol. The van der Waals surface area contributed by atoms with Crippen molar-refractivity contribution >= 4 is 11.9 Å². The molecule has 0 aromatic rings. The van der Waals surface area contributed by atoms with Gasteiger partial charge in [-0.25, -0.2) is 0 Å². The lowest BCUT2D eigenvalue weighted by Crippen LogP contribution is -2.27. The summed E-state index contributed by atoms with van der Waals surface area (Å²) >= 11 is 0. The average Bonchev–Trinajstić information content (AvgIpc) is 2.41. The zero-order valence-corrected chi connectivity index (χ0v) is 7.98. The summed E-state index contributed by atoms with van der Waals surface area (Å²) in [6, 6.07) is 0. The summed E-state index contributed by atoms with van der Waals surface area (Å²) in [7, 11) is 0. The number of carboxylic acid groups (broad SMARTS) is 1. The second-order valence-corrected chi connectivity index (χ2v) is 3.58. The first-order chi connectivity index (χ1) is 6.63. The van der Waals surface area contributed by atoms with Gasteiger partial charge in [-0.3, -0.25) is 9.59 Å². The molecule has 0 bridgehead atoms. The summed E-state index contributed by atoms with van der Waals surface area (Å²) in [6.07, 6.45) is 0.949. The van der Waals surface area contributed by atoms with Crippen molar-refractivity contribution < 1.29 is 19.8 Å². The zero-order chi connectivity index (χ0) is 10.6. The van der Waals surface area contributed by atoms with E-state index in [1.807, 2.05) is 0 Å². The molecule has 5 heteroatoms. The minimum absolute atomic E-state index is 0.00435. The van der Waals surface area contributed by atoms with Gasteiger partial charge in [0.1, 0.15) is 0 Å². The highest BCUT2D eigenvalue weighted by Crippen LogP contribution is 2.20. The van der Waals surface area contributed by atoms with Crippen LogP contribution in [0.15, 0.2) is 0 Å². The molecule has 0 saturated carbocycles. The van der Waals surface area contributed by atoms with Crippen LogP contribution in [0.25, 0.3) is 0 Å². The fourth-order valence-electron chi connectivity index (χ4n) is 1.72. The first-order valence-corrected chi connectivity index (χ1v) is 4.74. The molecule has 5 nitrogen and oxygen atoms in total. The largest absolute Gasteiger partial charge is 0.481 e. The second kappa shape index (κ2) is 4.95. The SMILES string of the molecule is O=C(O)C[C@H]1CC(=O)N(CCCO)C1. The van der Waals surface area contributed by atoms with Crippen molar-refractivity contribution in [2.75, 3.05) is 19.7 Å². The average molecular weight is 201 g/mol. The highest BCUT2D eigenvalue weighted by Gasteiger charge is 2.30. The molecule has 0 aromatic carbocycles. The first-order valence-electron chi connectivity index (χ1n) is 4.74. The Hall–Kier alpha value is -1.10. The van der Waals surface area contributed by atoms with Crippen molar-refractivity contribution in [3.8, 4) is 0 Å². The Balaban J connectivity index is 2.35. The van der Waals surface area contributed by atoms with E-state index in [1.165, 1.54) is 0 Å². The number of carbonyl (C=O) groups excluding carboxylic acids is 1. The number of carbonyl (C=O) groups is 2. The number of aliphatic hydroxyl groups excluding tert-OH is 1. The van der Waals surface area contributed by atoms with E-state index in [-0.39, 0.29) is 24.9 Å². The van der Waals surface area contributed by atoms with Crippen LogP contribution in [0.2, 0.25) is 0 Å². The number of aliphatic hydroxyl groups is 1. The van der Waals surface area contributed by atoms with Crippen molar-refractivity contribution in [1.29, 1.82) is 0 Å². The van der Waals surface area contributed by atoms with Gasteiger partial charge in [-0.05, 0) is 12.3 Å². The Morgan fingerprint density at radius 3 is 2.86 bits per heavy atom. The van der Waals surface area contributed by atoms with Crippen molar-refractivity contribution in [3.63, 3.8) is 0 Å². The molecule has 1 heterocycles. The predicted molar refractivity (Wildman–Crippen MR) is 48.6 cm³/mol. The summed E-state index contributed by atoms with van der Waals surface area (Å²) in [5.41, 5.74) is 0. The van der Waals surface area contributed by atoms with E-state index in [2.05, 4.69) is 0 Å². The van der Waals surface area contributed by atoms with E-state index >= 15 is 0 Å². The topological polar surface area (TPSA) is 77.8 Å². The van der Waals surface area contributed by atoms with Gasteiger partial charge in [0.15, 0.2) is 0 Å². The summed E-state index contributed by atoms with van der Waals surface area (Å²) in [6.45, 7) is 1.12. The molecule has 1 saturated heterocycles. The Morgan fingerprint density at radius 1 is 1.57 bits per heavy atom. The van der Waals surface area contributed by atoms with E-state index in [1.54, 1.807) is 4.90 Å². The maximum Gasteiger partial charge on any atom is 0.303 e. The molecule has 2 N–H and O–H groups in total. The molecule has 0 unspecified atom stereocenters. The van der Waals surface area contributed by atoms with Crippen LogP contribution in [0.5, 0.6) is 0 Å². The highest BCUT2D eigenvalue weighted by atomic mass is 16.4. The van der Waals surface area contributed by atoms with Crippen LogP contribution in [-0.2, 0) is 9.59 Å². The summed E-state index contributed by atoms with van der Waals surface area (Å²) in [5.74, 6) is -0.907. The first kappa shape index (κ1) is 11.0. The van der Waals surface area contributed by atoms with Crippen LogP contribution in [0.3, 0.4) is 0 Å². The molecule has 1 aliphatic rings. The lowest BCUT2D eigenvalue weighted by Gasteiger charge is -2.15. The number of aliphatic carboxylic acids is 1. The minimum Gasteiger partial charge on any atom is -0.481 e. The van der Waals surface area contributed by atoms with E-state index in [4.69, 9.17) is 10.2 Å². The zero-order valence-electron chi connectivity index (χ0n) is 7.98. The van der Waals surface area contributed by atoms with Crippen LogP contribution in [0, 0.1) is 5.92 Å². The van der Waals surface area contributed by atoms with E-state index in [0.29, 0.717) is 25.9 Å². The Bertz CT molecular complexity index is 229. The van der Waals surface area contributed by atoms with Gasteiger partial charge in [-0.1, -0.05) is 0 Å². The number of likely N-dealkylation sites (tertiary alicyclic amines) is 1. The monoisotopic (exact) mass is 201 g/mol. The lowest BCUT2D eigenvalue weighted by molar-refractivity contribution is -0.138. The van der Waals surface area contributed by atoms with Gasteiger partial charge >= 0.3 is 5.97 Å². The van der Waals surface area contributed by atoms with Crippen molar-refractivity contribution in [3.05, 3.63) is 0 Å². The van der Waals surface area contributed by atoms with Crippen LogP contribution in [0.4, 0.5) is 0 Å². The van der Waals surface area contributed by atoms with Gasteiger partial charge in [-0.2, -0.15) is 0 Å². The maximum atomic E-state index is 11.3. The Kier molecular flexibility index (Phi) is 3.88. The second-order valence-electron chi connectivity index (χ2n) is 3.58. The fourth-order valence-corrected chi connectivity index (χ4v) is 1.72. The molecule has 14 heavy (non-hydrogen) atoms. The molecule has 1 amide bonds. The molecule has 1 atom stereocenters. The van der Waals surface area contributed by atoms with Gasteiger partial charge in [0.05, 0.1) is 6.42 Å².